The molecule has 0 radical (unpaired) electrons. The normalized spacial score (nSPS) is 13.7. The number of anilines is 1. The van der Waals surface area contributed by atoms with Crippen LogP contribution in [0.1, 0.15) is 36.8 Å². The molecular formula is C38H43N3O7S. The summed E-state index contributed by atoms with van der Waals surface area (Å²) in [4.78, 5) is 30.3. The average Bonchev–Trinajstić information content (AvgIpc) is 3.65. The van der Waals surface area contributed by atoms with Crippen molar-refractivity contribution in [2.24, 2.45) is 0 Å². The van der Waals surface area contributed by atoms with Crippen molar-refractivity contribution in [1.82, 2.24) is 10.2 Å². The number of nitrogens with zero attached hydrogens (tertiary/aromatic N) is 2. The van der Waals surface area contributed by atoms with Gasteiger partial charge >= 0.3 is 0 Å². The monoisotopic (exact) mass is 685 g/mol. The molecule has 4 aromatic rings. The summed E-state index contributed by atoms with van der Waals surface area (Å²) in [7, 11) is 0.132. The van der Waals surface area contributed by atoms with Gasteiger partial charge in [0.05, 0.1) is 31.9 Å². The van der Waals surface area contributed by atoms with Crippen LogP contribution >= 0.6 is 0 Å². The Morgan fingerprint density at radius 2 is 1.43 bits per heavy atom. The van der Waals surface area contributed by atoms with Crippen LogP contribution in [-0.4, -0.2) is 65.1 Å². The van der Waals surface area contributed by atoms with Crippen molar-refractivity contribution in [2.75, 3.05) is 32.2 Å². The molecule has 1 aliphatic rings. The fraction of sp³-hybridized carbons (Fsp3) is 0.316. The molecule has 11 heteroatoms. The Morgan fingerprint density at radius 3 is 2.08 bits per heavy atom. The lowest BCUT2D eigenvalue weighted by Gasteiger charge is -2.34. The highest BCUT2D eigenvalue weighted by Gasteiger charge is 2.36. The van der Waals surface area contributed by atoms with E-state index in [1.807, 2.05) is 48.5 Å². The zero-order valence-electron chi connectivity index (χ0n) is 28.1. The molecule has 1 fully saturated rings. The number of nitrogens with one attached hydrogen (secondary N) is 1. The van der Waals surface area contributed by atoms with E-state index in [1.165, 1.54) is 37.3 Å². The molecule has 1 atom stereocenters. The minimum Gasteiger partial charge on any atom is -0.497 e. The molecule has 2 amide bonds. The van der Waals surface area contributed by atoms with E-state index in [1.54, 1.807) is 43.5 Å². The van der Waals surface area contributed by atoms with Gasteiger partial charge in [-0.3, -0.25) is 13.9 Å². The Kier molecular flexibility index (Phi) is 11.8. The van der Waals surface area contributed by atoms with Gasteiger partial charge in [0.1, 0.15) is 18.3 Å². The van der Waals surface area contributed by atoms with Gasteiger partial charge in [0.2, 0.25) is 11.8 Å². The standard InChI is InChI=1S/C38H43N3O7S/c1-46-32-20-12-15-29(23-32)26-40(34(24-28-13-6-4-7-14-28)38(43)39-30-16-10-11-17-30)37(42)27-41(31-18-8-5-9-19-31)49(44,45)33-21-22-35(47-2)36(25-33)48-3/h4-9,12-15,18-23,25,30,34H,10-11,16-17,24,26-27H2,1-3H3,(H,39,43)/t34-/m1/s1. The summed E-state index contributed by atoms with van der Waals surface area (Å²) in [5.74, 6) is 0.375. The molecule has 5 rings (SSSR count). The highest BCUT2D eigenvalue weighted by atomic mass is 32.2. The SMILES string of the molecule is COc1cccc(CN(C(=O)CN(c2ccccc2)S(=O)(=O)c2ccc(OC)c(OC)c2)[C@H](Cc2ccccc2)C(=O)NC2CCCC2)c1. The molecule has 0 spiro atoms. The number of ether oxygens (including phenoxy) is 3. The molecule has 0 saturated heterocycles. The smallest absolute Gasteiger partial charge is 0.264 e. The molecule has 1 N–H and O–H groups in total. The van der Waals surface area contributed by atoms with Crippen molar-refractivity contribution in [3.8, 4) is 17.2 Å². The van der Waals surface area contributed by atoms with Gasteiger partial charge in [-0.15, -0.1) is 0 Å². The molecule has 49 heavy (non-hydrogen) atoms. The van der Waals surface area contributed by atoms with Gasteiger partial charge in [-0.2, -0.15) is 0 Å². The number of hydrogen-bond donors (Lipinski definition) is 1. The van der Waals surface area contributed by atoms with Crippen LogP contribution in [0.4, 0.5) is 5.69 Å². The van der Waals surface area contributed by atoms with Gasteiger partial charge in [0, 0.05) is 25.1 Å². The first-order chi connectivity index (χ1) is 23.7. The van der Waals surface area contributed by atoms with Crippen molar-refractivity contribution in [2.45, 2.75) is 55.6 Å². The summed E-state index contributed by atoms with van der Waals surface area (Å²) >= 11 is 0. The maximum absolute atomic E-state index is 14.7. The molecule has 0 aliphatic heterocycles. The summed E-state index contributed by atoms with van der Waals surface area (Å²) < 4.78 is 46.0. The van der Waals surface area contributed by atoms with E-state index in [9.17, 15) is 18.0 Å². The third-order valence-electron chi connectivity index (χ3n) is 8.73. The van der Waals surface area contributed by atoms with Gasteiger partial charge in [0.15, 0.2) is 11.5 Å². The lowest BCUT2D eigenvalue weighted by atomic mass is 10.0. The lowest BCUT2D eigenvalue weighted by molar-refractivity contribution is -0.140. The predicted octanol–water partition coefficient (Wildman–Crippen LogP) is 5.61. The first-order valence-electron chi connectivity index (χ1n) is 16.3. The molecule has 258 valence electrons. The Hall–Kier alpha value is -5.03. The molecule has 0 unspecified atom stereocenters. The van der Waals surface area contributed by atoms with E-state index in [0.717, 1.165) is 41.1 Å². The van der Waals surface area contributed by atoms with Crippen LogP contribution in [0.2, 0.25) is 0 Å². The summed E-state index contributed by atoms with van der Waals surface area (Å²) in [6.07, 6.45) is 4.04. The minimum absolute atomic E-state index is 0.0193. The van der Waals surface area contributed by atoms with Gasteiger partial charge in [-0.1, -0.05) is 73.5 Å². The maximum atomic E-state index is 14.7. The van der Waals surface area contributed by atoms with E-state index in [0.29, 0.717) is 17.2 Å². The van der Waals surface area contributed by atoms with Crippen LogP contribution < -0.4 is 23.8 Å². The molecule has 10 nitrogen and oxygen atoms in total. The summed E-state index contributed by atoms with van der Waals surface area (Å²) in [5.41, 5.74) is 1.89. The van der Waals surface area contributed by atoms with E-state index in [-0.39, 0.29) is 35.6 Å². The van der Waals surface area contributed by atoms with Gasteiger partial charge in [0.25, 0.3) is 10.0 Å². The van der Waals surface area contributed by atoms with Gasteiger partial charge in [-0.25, -0.2) is 8.42 Å². The topological polar surface area (TPSA) is 114 Å². The Labute approximate surface area is 288 Å². The molecule has 0 heterocycles. The molecule has 1 saturated carbocycles. The largest absolute Gasteiger partial charge is 0.497 e. The highest BCUT2D eigenvalue weighted by molar-refractivity contribution is 7.92. The number of rotatable bonds is 15. The molecule has 1 aliphatic carbocycles. The first kappa shape index (κ1) is 35.3. The van der Waals surface area contributed by atoms with Gasteiger partial charge < -0.3 is 24.4 Å². The van der Waals surface area contributed by atoms with Crippen LogP contribution in [0.25, 0.3) is 0 Å². The van der Waals surface area contributed by atoms with E-state index in [4.69, 9.17) is 14.2 Å². The van der Waals surface area contributed by atoms with Gasteiger partial charge in [-0.05, 0) is 60.4 Å². The van der Waals surface area contributed by atoms with Crippen LogP contribution in [-0.2, 0) is 32.6 Å². The second-order valence-corrected chi connectivity index (χ2v) is 13.8. The van der Waals surface area contributed by atoms with Crippen LogP contribution in [0.3, 0.4) is 0 Å². The first-order valence-corrected chi connectivity index (χ1v) is 17.7. The van der Waals surface area contributed by atoms with Crippen molar-refractivity contribution < 1.29 is 32.2 Å². The Bertz CT molecular complexity index is 1810. The molecule has 4 aromatic carbocycles. The lowest BCUT2D eigenvalue weighted by Crippen LogP contribution is -2.54. The third-order valence-corrected chi connectivity index (χ3v) is 10.5. The summed E-state index contributed by atoms with van der Waals surface area (Å²) in [6.45, 7) is -0.517. The predicted molar refractivity (Wildman–Crippen MR) is 188 cm³/mol. The minimum atomic E-state index is -4.32. The number of hydrogen-bond acceptors (Lipinski definition) is 7. The second-order valence-electron chi connectivity index (χ2n) is 11.9. The summed E-state index contributed by atoms with van der Waals surface area (Å²) in [5, 5.41) is 3.19. The van der Waals surface area contributed by atoms with E-state index >= 15 is 0 Å². The number of methoxy groups -OCH3 is 3. The van der Waals surface area contributed by atoms with Crippen molar-refractivity contribution in [1.29, 1.82) is 0 Å². The van der Waals surface area contributed by atoms with Crippen LogP contribution in [0, 0.1) is 0 Å². The highest BCUT2D eigenvalue weighted by Crippen LogP contribution is 2.32. The second kappa shape index (κ2) is 16.4. The van der Waals surface area contributed by atoms with Crippen LogP contribution in [0.15, 0.2) is 108 Å². The number of para-hydroxylation sites is 1. The maximum Gasteiger partial charge on any atom is 0.264 e. The third kappa shape index (κ3) is 8.72. The Balaban J connectivity index is 1.57. The molecule has 0 bridgehead atoms. The van der Waals surface area contributed by atoms with Crippen LogP contribution in [0.5, 0.6) is 17.2 Å². The molecular weight excluding hydrogens is 642 g/mol. The Morgan fingerprint density at radius 1 is 0.776 bits per heavy atom. The fourth-order valence-corrected chi connectivity index (χ4v) is 7.55. The van der Waals surface area contributed by atoms with Crippen molar-refractivity contribution in [3.05, 3.63) is 114 Å². The number of sulfonamides is 1. The quantitative estimate of drug-likeness (QED) is 0.173. The number of carbonyl (C=O) groups is 2. The van der Waals surface area contributed by atoms with E-state index in [2.05, 4.69) is 5.32 Å². The zero-order chi connectivity index (χ0) is 34.8. The van der Waals surface area contributed by atoms with Crippen molar-refractivity contribution >= 4 is 27.5 Å². The van der Waals surface area contributed by atoms with E-state index < -0.39 is 28.5 Å². The average molecular weight is 686 g/mol. The number of amides is 2. The number of benzene rings is 4. The van der Waals surface area contributed by atoms with Crippen molar-refractivity contribution in [3.63, 3.8) is 0 Å². The fourth-order valence-electron chi connectivity index (χ4n) is 6.12. The summed E-state index contributed by atoms with van der Waals surface area (Å²) in [6, 6.07) is 28.6. The number of carbonyl (C=O) groups excluding carboxylic acids is 2. The molecule has 0 aromatic heterocycles. The zero-order valence-corrected chi connectivity index (χ0v) is 28.9.